The second-order valence-electron chi connectivity index (χ2n) is 16.7. The number of rotatable bonds is 17. The third-order valence-electron chi connectivity index (χ3n) is 9.47. The maximum Gasteiger partial charge on any atom is 0.416 e. The van der Waals surface area contributed by atoms with Crippen molar-refractivity contribution in [3.05, 3.63) is 11.5 Å². The summed E-state index contributed by atoms with van der Waals surface area (Å²) < 4.78 is 64.9. The molecule has 1 saturated carbocycles. The minimum absolute atomic E-state index is 0.0556. The minimum Gasteiger partial charge on any atom is -0.443 e. The molecule has 0 unspecified atom stereocenters. The number of carbonyl (C=O) groups is 1. The summed E-state index contributed by atoms with van der Waals surface area (Å²) >= 11 is 6.58. The van der Waals surface area contributed by atoms with Crippen LogP contribution >= 0.6 is 19.2 Å². The Morgan fingerprint density at radius 3 is 2.35 bits per heavy atom. The number of aromatic nitrogens is 4. The van der Waals surface area contributed by atoms with Crippen LogP contribution in [0.1, 0.15) is 80.4 Å². The number of hydrogen-bond acceptors (Lipinski definition) is 14. The van der Waals surface area contributed by atoms with E-state index in [0.29, 0.717) is 23.5 Å². The van der Waals surface area contributed by atoms with Gasteiger partial charge in [-0.15, -0.1) is 0 Å². The second kappa shape index (κ2) is 17.0. The second-order valence-corrected chi connectivity index (χ2v) is 25.0. The smallest absolute Gasteiger partial charge is 0.416 e. The molecule has 0 bridgehead atoms. The van der Waals surface area contributed by atoms with Crippen molar-refractivity contribution in [3.8, 4) is 0 Å². The summed E-state index contributed by atoms with van der Waals surface area (Å²) in [6.45, 7) is 18.4. The first kappa shape index (κ1) is 43.4. The molecule has 16 nitrogen and oxygen atoms in total. The number of aliphatic hydroxyl groups is 1. The van der Waals surface area contributed by atoms with Gasteiger partial charge in [0.2, 0.25) is 10.6 Å². The number of hydrogen-bond donors (Lipinski definition) is 1. The molecule has 0 radical (unpaired) electrons. The minimum atomic E-state index is -4.10. The van der Waals surface area contributed by atoms with Crippen molar-refractivity contribution in [3.63, 3.8) is 0 Å². The molecule has 2 saturated heterocycles. The van der Waals surface area contributed by atoms with E-state index in [2.05, 4.69) is 34.7 Å². The van der Waals surface area contributed by atoms with E-state index >= 15 is 0 Å². The fourth-order valence-corrected chi connectivity index (χ4v) is 9.76. The molecule has 4 heterocycles. The van der Waals surface area contributed by atoms with Gasteiger partial charge in [0.05, 0.1) is 44.6 Å². The molecule has 5 rings (SSSR count). The van der Waals surface area contributed by atoms with Gasteiger partial charge >= 0.3 is 13.7 Å². The van der Waals surface area contributed by atoms with Gasteiger partial charge in [-0.3, -0.25) is 9.46 Å². The standard InChI is InChI=1S/C35H59ClN5O11PSi/c1-11-47-53(44,48-12-2)35(21-42,22-45-17-18-54(8,9)10)46-20-25-26-27(51-34(6,7)50-26)30(49-25)41-29-24(19-37-41)28(38-31(36)39-29)40(23-15-13-14-16-23)32(43)52-33(3,4)5/h19,23,25-27,30,42H,11-18,20-22H2,1-10H3/t25-,26-,27-,30-,35-/m1/s1. The van der Waals surface area contributed by atoms with Crippen LogP contribution in [-0.2, 0) is 42.0 Å². The molecule has 306 valence electrons. The highest BCUT2D eigenvalue weighted by Crippen LogP contribution is 2.61. The van der Waals surface area contributed by atoms with E-state index in [-0.39, 0.29) is 37.8 Å². The largest absolute Gasteiger partial charge is 0.443 e. The number of halogens is 1. The van der Waals surface area contributed by atoms with Crippen LogP contribution in [0.3, 0.4) is 0 Å². The number of anilines is 1. The van der Waals surface area contributed by atoms with Crippen LogP contribution in [0.4, 0.5) is 10.6 Å². The summed E-state index contributed by atoms with van der Waals surface area (Å²) in [5.41, 5.74) is -0.426. The molecule has 2 aromatic rings. The Kier molecular flexibility index (Phi) is 13.6. The number of aliphatic hydroxyl groups excluding tert-OH is 1. The van der Waals surface area contributed by atoms with Gasteiger partial charge in [0.1, 0.15) is 23.9 Å². The van der Waals surface area contributed by atoms with Crippen LogP contribution in [0.2, 0.25) is 31.0 Å². The summed E-state index contributed by atoms with van der Waals surface area (Å²) in [7, 11) is -5.56. The molecule has 3 aliphatic rings. The van der Waals surface area contributed by atoms with Gasteiger partial charge in [-0.1, -0.05) is 32.5 Å². The lowest BCUT2D eigenvalue weighted by Crippen LogP contribution is -2.46. The highest BCUT2D eigenvalue weighted by atomic mass is 35.5. The first-order valence-electron chi connectivity index (χ1n) is 18.9. The predicted molar refractivity (Wildman–Crippen MR) is 205 cm³/mol. The van der Waals surface area contributed by atoms with Gasteiger partial charge < -0.3 is 42.6 Å². The molecular weight excluding hydrogens is 761 g/mol. The van der Waals surface area contributed by atoms with Crippen LogP contribution in [0, 0.1) is 0 Å². The summed E-state index contributed by atoms with van der Waals surface area (Å²) in [6, 6.07) is 0.706. The van der Waals surface area contributed by atoms with E-state index < -0.39 is 69.6 Å². The van der Waals surface area contributed by atoms with Crippen LogP contribution < -0.4 is 4.90 Å². The van der Waals surface area contributed by atoms with E-state index in [9.17, 15) is 14.5 Å². The lowest BCUT2D eigenvalue weighted by Gasteiger charge is -2.38. The van der Waals surface area contributed by atoms with Gasteiger partial charge in [-0.25, -0.2) is 9.48 Å². The van der Waals surface area contributed by atoms with Crippen LogP contribution in [-0.4, -0.2) is 120 Å². The summed E-state index contributed by atoms with van der Waals surface area (Å²) in [5.74, 6) is -0.716. The summed E-state index contributed by atoms with van der Waals surface area (Å²) in [5, 5.41) is 14.1. The SMILES string of the molecule is CCOP(=O)(OCC)[C@](CO)(COCC[Si](C)(C)C)OC[C@H]1O[C@@H](n2ncc3c(N(C(=O)OC(C)(C)C)C4CCCC4)nc(Cl)nc32)[C@@H]2OC(C)(C)O[C@@H]21. The Morgan fingerprint density at radius 1 is 1.11 bits per heavy atom. The topological polar surface area (TPSA) is 175 Å². The molecule has 0 aromatic carbocycles. The fourth-order valence-electron chi connectivity index (χ4n) is 6.96. The van der Waals surface area contributed by atoms with Crippen molar-refractivity contribution in [1.82, 2.24) is 19.7 Å². The number of fused-ring (bicyclic) bond motifs is 2. The molecule has 2 aromatic heterocycles. The van der Waals surface area contributed by atoms with Gasteiger partial charge in [-0.05, 0) is 79.0 Å². The van der Waals surface area contributed by atoms with Crippen molar-refractivity contribution < 1.29 is 51.9 Å². The van der Waals surface area contributed by atoms with E-state index in [1.165, 1.54) is 0 Å². The third kappa shape index (κ3) is 9.67. The Morgan fingerprint density at radius 2 is 1.76 bits per heavy atom. The van der Waals surface area contributed by atoms with E-state index in [1.54, 1.807) is 43.5 Å². The molecule has 5 atom stereocenters. The van der Waals surface area contributed by atoms with E-state index in [4.69, 9.17) is 49.1 Å². The lowest BCUT2D eigenvalue weighted by atomic mass is 10.1. The van der Waals surface area contributed by atoms with E-state index in [0.717, 1.165) is 31.7 Å². The lowest BCUT2D eigenvalue weighted by molar-refractivity contribution is -0.208. The third-order valence-corrected chi connectivity index (χ3v) is 13.9. The zero-order valence-electron chi connectivity index (χ0n) is 33.3. The van der Waals surface area contributed by atoms with Crippen molar-refractivity contribution in [2.75, 3.05) is 44.5 Å². The molecule has 54 heavy (non-hydrogen) atoms. The monoisotopic (exact) mass is 819 g/mol. The number of nitrogens with zero attached hydrogens (tertiary/aromatic N) is 5. The maximum absolute atomic E-state index is 14.4. The first-order valence-corrected chi connectivity index (χ1v) is 24.5. The molecular formula is C35H59ClN5O11PSi. The maximum atomic E-state index is 14.4. The summed E-state index contributed by atoms with van der Waals surface area (Å²) in [6.07, 6.45) is 1.46. The van der Waals surface area contributed by atoms with Gasteiger partial charge in [0, 0.05) is 20.7 Å². The molecule has 1 N–H and O–H groups in total. The molecule has 1 aliphatic carbocycles. The zero-order valence-corrected chi connectivity index (χ0v) is 36.0. The predicted octanol–water partition coefficient (Wildman–Crippen LogP) is 6.91. The average molecular weight is 820 g/mol. The number of carbonyl (C=O) groups excluding carboxylic acids is 1. The van der Waals surface area contributed by atoms with Gasteiger partial charge in [-0.2, -0.15) is 15.1 Å². The van der Waals surface area contributed by atoms with Crippen molar-refractivity contribution in [1.29, 1.82) is 0 Å². The van der Waals surface area contributed by atoms with Gasteiger partial charge in [0.15, 0.2) is 23.5 Å². The highest BCUT2D eigenvalue weighted by Gasteiger charge is 2.59. The average Bonchev–Trinajstić information content (AvgIpc) is 3.85. The van der Waals surface area contributed by atoms with E-state index in [1.807, 2.05) is 20.8 Å². The number of ether oxygens (including phenoxy) is 6. The molecule has 19 heteroatoms. The van der Waals surface area contributed by atoms with Crippen molar-refractivity contribution >= 4 is 50.2 Å². The quantitative estimate of drug-likeness (QED) is 0.0755. The normalized spacial score (nSPS) is 24.6. The summed E-state index contributed by atoms with van der Waals surface area (Å²) in [4.78, 5) is 24.4. The Balaban J connectivity index is 1.48. The molecule has 2 aliphatic heterocycles. The zero-order chi connectivity index (χ0) is 39.7. The number of amides is 1. The first-order chi connectivity index (χ1) is 25.3. The molecule has 3 fully saturated rings. The van der Waals surface area contributed by atoms with Crippen LogP contribution in [0.15, 0.2) is 6.20 Å². The van der Waals surface area contributed by atoms with Crippen LogP contribution in [0.5, 0.6) is 0 Å². The molecule has 0 spiro atoms. The van der Waals surface area contributed by atoms with Gasteiger partial charge in [0.25, 0.3) is 0 Å². The molecule has 1 amide bonds. The Labute approximate surface area is 324 Å². The Bertz CT molecular complexity index is 1640. The Hall–Kier alpha value is -1.76. The van der Waals surface area contributed by atoms with Crippen LogP contribution in [0.25, 0.3) is 11.0 Å². The van der Waals surface area contributed by atoms with Crippen molar-refractivity contribution in [2.45, 2.75) is 147 Å². The van der Waals surface area contributed by atoms with Crippen molar-refractivity contribution in [2.24, 2.45) is 0 Å². The fraction of sp³-hybridized carbons (Fsp3) is 0.829. The highest BCUT2D eigenvalue weighted by molar-refractivity contribution is 7.55.